The van der Waals surface area contributed by atoms with Crippen LogP contribution in [-0.2, 0) is 6.42 Å². The highest BCUT2D eigenvalue weighted by Crippen LogP contribution is 2.33. The maximum atomic E-state index is 11.4. The fourth-order valence-corrected chi connectivity index (χ4v) is 2.72. The van der Waals surface area contributed by atoms with Gasteiger partial charge in [-0.15, -0.1) is 0 Å². The molecule has 0 saturated heterocycles. The van der Waals surface area contributed by atoms with Gasteiger partial charge in [-0.3, -0.25) is 4.79 Å². The Morgan fingerprint density at radius 1 is 1.37 bits per heavy atom. The number of halogens is 1. The molecule has 0 radical (unpaired) electrons. The first-order chi connectivity index (χ1) is 9.25. The average Bonchev–Trinajstić information content (AvgIpc) is 2.44. The number of hydrogen-bond acceptors (Lipinski definition) is 3. The van der Waals surface area contributed by atoms with Crippen LogP contribution in [0.3, 0.4) is 0 Å². The molecular weight excluding hydrogens is 262 g/mol. The fraction of sp³-hybridized carbons (Fsp3) is 0.286. The van der Waals surface area contributed by atoms with Crippen LogP contribution in [0.2, 0.25) is 5.02 Å². The minimum absolute atomic E-state index is 0.165. The van der Waals surface area contributed by atoms with Crippen LogP contribution >= 0.6 is 11.6 Å². The lowest BCUT2D eigenvalue weighted by molar-refractivity contribution is 0.600. The summed E-state index contributed by atoms with van der Waals surface area (Å²) in [7, 11) is 0. The summed E-state index contributed by atoms with van der Waals surface area (Å²) >= 11 is 5.99. The van der Waals surface area contributed by atoms with Gasteiger partial charge in [0.25, 0.3) is 5.56 Å². The molecular formula is C14H14ClN3O. The van der Waals surface area contributed by atoms with Gasteiger partial charge in [-0.05, 0) is 30.4 Å². The van der Waals surface area contributed by atoms with Gasteiger partial charge >= 0.3 is 0 Å². The van der Waals surface area contributed by atoms with Gasteiger partial charge in [0.2, 0.25) is 0 Å². The van der Waals surface area contributed by atoms with Gasteiger partial charge in [0, 0.05) is 0 Å². The molecule has 0 aliphatic heterocycles. The van der Waals surface area contributed by atoms with Gasteiger partial charge in [-0.2, -0.15) is 5.10 Å². The molecule has 0 amide bonds. The zero-order chi connectivity index (χ0) is 13.2. The predicted molar refractivity (Wildman–Crippen MR) is 75.6 cm³/mol. The number of aromatic amines is 1. The molecule has 1 aliphatic rings. The molecule has 19 heavy (non-hydrogen) atoms. The van der Waals surface area contributed by atoms with E-state index in [1.165, 1.54) is 11.1 Å². The maximum Gasteiger partial charge on any atom is 0.285 e. The number of anilines is 1. The second-order valence-corrected chi connectivity index (χ2v) is 5.09. The molecule has 0 saturated carbocycles. The highest BCUT2D eigenvalue weighted by molar-refractivity contribution is 6.32. The van der Waals surface area contributed by atoms with E-state index in [0.717, 1.165) is 19.3 Å². The van der Waals surface area contributed by atoms with Crippen molar-refractivity contribution >= 4 is 17.3 Å². The molecule has 0 bridgehead atoms. The van der Waals surface area contributed by atoms with Crippen LogP contribution < -0.4 is 10.9 Å². The van der Waals surface area contributed by atoms with Gasteiger partial charge in [0.1, 0.15) is 5.02 Å². The number of fused-ring (bicyclic) bond motifs is 1. The van der Waals surface area contributed by atoms with E-state index in [4.69, 9.17) is 11.6 Å². The molecule has 1 heterocycles. The molecule has 3 rings (SSSR count). The molecule has 4 nitrogen and oxygen atoms in total. The van der Waals surface area contributed by atoms with Gasteiger partial charge in [0.05, 0.1) is 17.9 Å². The Balaban J connectivity index is 1.93. The van der Waals surface area contributed by atoms with Crippen molar-refractivity contribution in [3.05, 3.63) is 57.0 Å². The van der Waals surface area contributed by atoms with Gasteiger partial charge < -0.3 is 5.32 Å². The van der Waals surface area contributed by atoms with E-state index < -0.39 is 0 Å². The van der Waals surface area contributed by atoms with Crippen molar-refractivity contribution in [2.24, 2.45) is 0 Å². The zero-order valence-electron chi connectivity index (χ0n) is 10.3. The number of aryl methyl sites for hydroxylation is 1. The normalized spacial score (nSPS) is 17.8. The monoisotopic (exact) mass is 275 g/mol. The van der Waals surface area contributed by atoms with Crippen molar-refractivity contribution < 1.29 is 0 Å². The largest absolute Gasteiger partial charge is 0.376 e. The summed E-state index contributed by atoms with van der Waals surface area (Å²) < 4.78 is 0. The first-order valence-electron chi connectivity index (χ1n) is 6.33. The van der Waals surface area contributed by atoms with E-state index in [9.17, 15) is 4.79 Å². The fourth-order valence-electron chi connectivity index (χ4n) is 2.58. The van der Waals surface area contributed by atoms with E-state index in [0.29, 0.717) is 5.69 Å². The zero-order valence-corrected chi connectivity index (χ0v) is 11.1. The number of nitrogens with zero attached hydrogens (tertiary/aromatic N) is 1. The van der Waals surface area contributed by atoms with Gasteiger partial charge in [-0.25, -0.2) is 5.10 Å². The van der Waals surface area contributed by atoms with Crippen LogP contribution in [0.1, 0.15) is 30.0 Å². The summed E-state index contributed by atoms with van der Waals surface area (Å²) in [6, 6.07) is 8.56. The molecule has 98 valence electrons. The summed E-state index contributed by atoms with van der Waals surface area (Å²) in [4.78, 5) is 11.4. The van der Waals surface area contributed by atoms with Gasteiger partial charge in [-0.1, -0.05) is 35.9 Å². The minimum Gasteiger partial charge on any atom is -0.376 e. The molecule has 1 aromatic heterocycles. The molecule has 1 aromatic carbocycles. The third-order valence-corrected chi connectivity index (χ3v) is 3.87. The molecule has 0 spiro atoms. The van der Waals surface area contributed by atoms with E-state index >= 15 is 0 Å². The van der Waals surface area contributed by atoms with Gasteiger partial charge in [0.15, 0.2) is 0 Å². The minimum atomic E-state index is -0.365. The highest BCUT2D eigenvalue weighted by Gasteiger charge is 2.20. The quantitative estimate of drug-likeness (QED) is 0.886. The number of benzene rings is 1. The lowest BCUT2D eigenvalue weighted by atomic mass is 9.87. The Bertz CT molecular complexity index is 653. The Hall–Kier alpha value is -1.81. The molecule has 1 atom stereocenters. The summed E-state index contributed by atoms with van der Waals surface area (Å²) in [6.45, 7) is 0. The molecule has 1 aliphatic carbocycles. The molecule has 5 heteroatoms. The number of rotatable bonds is 2. The topological polar surface area (TPSA) is 57.8 Å². The Morgan fingerprint density at radius 3 is 3.11 bits per heavy atom. The Labute approximate surface area is 115 Å². The third kappa shape index (κ3) is 2.36. The Kier molecular flexibility index (Phi) is 3.25. The molecule has 2 aromatic rings. The average molecular weight is 276 g/mol. The van der Waals surface area contributed by atoms with Crippen molar-refractivity contribution in [2.75, 3.05) is 5.32 Å². The van der Waals surface area contributed by atoms with Crippen LogP contribution in [0.15, 0.2) is 35.3 Å². The second-order valence-electron chi connectivity index (χ2n) is 4.71. The molecule has 1 unspecified atom stereocenters. The van der Waals surface area contributed by atoms with Crippen molar-refractivity contribution in [3.8, 4) is 0 Å². The summed E-state index contributed by atoms with van der Waals surface area (Å²) in [5.41, 5.74) is 2.87. The third-order valence-electron chi connectivity index (χ3n) is 3.49. The van der Waals surface area contributed by atoms with Crippen LogP contribution in [0, 0.1) is 0 Å². The van der Waals surface area contributed by atoms with Crippen molar-refractivity contribution in [1.82, 2.24) is 10.2 Å². The van der Waals surface area contributed by atoms with Crippen molar-refractivity contribution in [3.63, 3.8) is 0 Å². The van der Waals surface area contributed by atoms with E-state index in [1.54, 1.807) is 6.20 Å². The van der Waals surface area contributed by atoms with Crippen LogP contribution in [-0.4, -0.2) is 10.2 Å². The first kappa shape index (κ1) is 12.2. The number of nitrogens with one attached hydrogen (secondary N) is 2. The van der Waals surface area contributed by atoms with Crippen molar-refractivity contribution in [1.29, 1.82) is 0 Å². The predicted octanol–water partition coefficient (Wildman–Crippen LogP) is 2.91. The van der Waals surface area contributed by atoms with E-state index in [2.05, 4.69) is 33.7 Å². The van der Waals surface area contributed by atoms with Crippen molar-refractivity contribution in [2.45, 2.75) is 25.3 Å². The number of aromatic nitrogens is 2. The number of H-pyrrole nitrogens is 1. The highest BCUT2D eigenvalue weighted by atomic mass is 35.5. The van der Waals surface area contributed by atoms with Crippen LogP contribution in [0.5, 0.6) is 0 Å². The number of hydrogen-bond donors (Lipinski definition) is 2. The lowest BCUT2D eigenvalue weighted by Gasteiger charge is -2.27. The summed E-state index contributed by atoms with van der Waals surface area (Å²) in [5.74, 6) is 0. The smallest absolute Gasteiger partial charge is 0.285 e. The van der Waals surface area contributed by atoms with Crippen LogP contribution in [0.4, 0.5) is 5.69 Å². The summed E-state index contributed by atoms with van der Waals surface area (Å²) in [6.07, 6.45) is 4.82. The summed E-state index contributed by atoms with van der Waals surface area (Å²) in [5, 5.41) is 9.60. The SMILES string of the molecule is O=c1[nH]ncc(NC2CCCc3ccccc32)c1Cl. The van der Waals surface area contributed by atoms with E-state index in [-0.39, 0.29) is 16.6 Å². The molecule has 0 fully saturated rings. The Morgan fingerprint density at radius 2 is 2.21 bits per heavy atom. The maximum absolute atomic E-state index is 11.4. The molecule has 2 N–H and O–H groups in total. The second kappa shape index (κ2) is 5.05. The first-order valence-corrected chi connectivity index (χ1v) is 6.71. The lowest BCUT2D eigenvalue weighted by Crippen LogP contribution is -2.19. The standard InChI is InChI=1S/C14H14ClN3O/c15-13-12(8-16-18-14(13)19)17-11-7-3-5-9-4-1-2-6-10(9)11/h1-2,4,6,8,11H,3,5,7H2,(H2,17,18,19). The van der Waals surface area contributed by atoms with E-state index in [1.807, 2.05) is 6.07 Å². The van der Waals surface area contributed by atoms with Crippen LogP contribution in [0.25, 0.3) is 0 Å².